The number of likely N-dealkylation sites (N-methyl/N-ethyl adjacent to an activating group) is 1. The summed E-state index contributed by atoms with van der Waals surface area (Å²) in [6.45, 7) is 8.02. The fourth-order valence-corrected chi connectivity index (χ4v) is 1.74. The number of rotatable bonds is 8. The lowest BCUT2D eigenvalue weighted by Gasteiger charge is -2.42. The molecular weight excluding hydrogens is 204 g/mol. The molecule has 0 saturated carbocycles. The van der Waals surface area contributed by atoms with Crippen LogP contribution in [0.4, 0.5) is 0 Å². The first kappa shape index (κ1) is 15.8. The van der Waals surface area contributed by atoms with Crippen LogP contribution in [0.25, 0.3) is 0 Å². The van der Waals surface area contributed by atoms with Gasteiger partial charge >= 0.3 is 0 Å². The number of ether oxygens (including phenoxy) is 2. The lowest BCUT2D eigenvalue weighted by molar-refractivity contribution is -0.177. The molecule has 0 radical (unpaired) electrons. The summed E-state index contributed by atoms with van der Waals surface area (Å²) in [6, 6.07) is 0. The van der Waals surface area contributed by atoms with E-state index >= 15 is 0 Å². The SMILES string of the molecule is COC(OC)C(C)(CN)N(C)CCC(C)C. The van der Waals surface area contributed by atoms with Crippen LogP contribution in [0.3, 0.4) is 0 Å². The van der Waals surface area contributed by atoms with Gasteiger partial charge in [0.1, 0.15) is 0 Å². The van der Waals surface area contributed by atoms with Gasteiger partial charge in [0.15, 0.2) is 6.29 Å². The highest BCUT2D eigenvalue weighted by molar-refractivity contribution is 4.89. The van der Waals surface area contributed by atoms with Crippen molar-refractivity contribution in [3.05, 3.63) is 0 Å². The monoisotopic (exact) mass is 232 g/mol. The highest BCUT2D eigenvalue weighted by atomic mass is 16.7. The van der Waals surface area contributed by atoms with Crippen molar-refractivity contribution in [3.63, 3.8) is 0 Å². The van der Waals surface area contributed by atoms with E-state index in [-0.39, 0.29) is 11.8 Å². The normalized spacial score (nSPS) is 16.1. The molecule has 0 aromatic rings. The lowest BCUT2D eigenvalue weighted by atomic mass is 9.98. The molecule has 0 saturated heterocycles. The van der Waals surface area contributed by atoms with Crippen LogP contribution in [0.15, 0.2) is 0 Å². The zero-order chi connectivity index (χ0) is 12.8. The van der Waals surface area contributed by atoms with Crippen molar-refractivity contribution >= 4 is 0 Å². The van der Waals surface area contributed by atoms with Crippen molar-refractivity contribution in [2.75, 3.05) is 34.4 Å². The minimum absolute atomic E-state index is 0.279. The zero-order valence-electron chi connectivity index (χ0n) is 11.6. The third-order valence-corrected chi connectivity index (χ3v) is 3.26. The minimum Gasteiger partial charge on any atom is -0.354 e. The molecule has 0 bridgehead atoms. The molecule has 4 nitrogen and oxygen atoms in total. The van der Waals surface area contributed by atoms with Gasteiger partial charge in [-0.2, -0.15) is 0 Å². The summed E-state index contributed by atoms with van der Waals surface area (Å²) in [6.07, 6.45) is 0.848. The van der Waals surface area contributed by atoms with Crippen LogP contribution in [0.2, 0.25) is 0 Å². The van der Waals surface area contributed by atoms with Crippen LogP contribution < -0.4 is 5.73 Å². The molecule has 0 heterocycles. The predicted octanol–water partition coefficient (Wildman–Crippen LogP) is 1.30. The van der Waals surface area contributed by atoms with Crippen molar-refractivity contribution < 1.29 is 9.47 Å². The first-order valence-electron chi connectivity index (χ1n) is 5.89. The smallest absolute Gasteiger partial charge is 0.176 e. The van der Waals surface area contributed by atoms with Gasteiger partial charge in [0, 0.05) is 20.8 Å². The molecule has 0 aromatic carbocycles. The Morgan fingerprint density at radius 2 is 1.75 bits per heavy atom. The van der Waals surface area contributed by atoms with Crippen LogP contribution in [-0.4, -0.2) is 51.1 Å². The third-order valence-electron chi connectivity index (χ3n) is 3.26. The fourth-order valence-electron chi connectivity index (χ4n) is 1.74. The summed E-state index contributed by atoms with van der Waals surface area (Å²) in [5.74, 6) is 0.688. The van der Waals surface area contributed by atoms with Gasteiger partial charge in [0.2, 0.25) is 0 Å². The molecule has 1 atom stereocenters. The quantitative estimate of drug-likeness (QED) is 0.641. The second-order valence-electron chi connectivity index (χ2n) is 4.97. The Hall–Kier alpha value is -0.160. The highest BCUT2D eigenvalue weighted by Crippen LogP contribution is 2.21. The van der Waals surface area contributed by atoms with Gasteiger partial charge in [-0.1, -0.05) is 13.8 Å². The molecule has 1 unspecified atom stereocenters. The topological polar surface area (TPSA) is 47.7 Å². The number of hydrogen-bond acceptors (Lipinski definition) is 4. The van der Waals surface area contributed by atoms with Crippen LogP contribution in [-0.2, 0) is 9.47 Å². The van der Waals surface area contributed by atoms with Crippen LogP contribution >= 0.6 is 0 Å². The molecule has 16 heavy (non-hydrogen) atoms. The van der Waals surface area contributed by atoms with E-state index in [0.29, 0.717) is 12.5 Å². The van der Waals surface area contributed by atoms with E-state index in [1.54, 1.807) is 14.2 Å². The van der Waals surface area contributed by atoms with Crippen LogP contribution in [0, 0.1) is 5.92 Å². The van der Waals surface area contributed by atoms with Gasteiger partial charge in [-0.15, -0.1) is 0 Å². The summed E-state index contributed by atoms with van der Waals surface area (Å²) in [7, 11) is 5.37. The lowest BCUT2D eigenvalue weighted by Crippen LogP contribution is -2.59. The highest BCUT2D eigenvalue weighted by Gasteiger charge is 2.37. The Morgan fingerprint density at radius 3 is 2.06 bits per heavy atom. The second kappa shape index (κ2) is 7.22. The Balaban J connectivity index is 4.53. The molecule has 4 heteroatoms. The molecule has 0 rings (SSSR count). The van der Waals surface area contributed by atoms with Crippen molar-refractivity contribution in [1.29, 1.82) is 0 Å². The Labute approximate surface area is 100 Å². The summed E-state index contributed by atoms with van der Waals surface area (Å²) >= 11 is 0. The average molecular weight is 232 g/mol. The maximum absolute atomic E-state index is 5.86. The van der Waals surface area contributed by atoms with E-state index in [4.69, 9.17) is 15.2 Å². The van der Waals surface area contributed by atoms with E-state index < -0.39 is 0 Å². The van der Waals surface area contributed by atoms with Gasteiger partial charge in [-0.25, -0.2) is 0 Å². The van der Waals surface area contributed by atoms with Crippen molar-refractivity contribution in [2.24, 2.45) is 11.7 Å². The summed E-state index contributed by atoms with van der Waals surface area (Å²) in [5, 5.41) is 0. The zero-order valence-corrected chi connectivity index (χ0v) is 11.6. The summed E-state index contributed by atoms with van der Waals surface area (Å²) in [4.78, 5) is 2.23. The van der Waals surface area contributed by atoms with Gasteiger partial charge in [-0.3, -0.25) is 4.90 Å². The Bertz CT molecular complexity index is 184. The average Bonchev–Trinajstić information content (AvgIpc) is 2.26. The first-order chi connectivity index (χ1) is 7.42. The fraction of sp³-hybridized carbons (Fsp3) is 1.00. The molecule has 0 aliphatic rings. The maximum atomic E-state index is 5.86. The Kier molecular flexibility index (Phi) is 7.15. The van der Waals surface area contributed by atoms with Gasteiger partial charge < -0.3 is 15.2 Å². The molecule has 98 valence electrons. The second-order valence-corrected chi connectivity index (χ2v) is 4.97. The Morgan fingerprint density at radius 1 is 1.25 bits per heavy atom. The van der Waals surface area contributed by atoms with E-state index in [1.165, 1.54) is 0 Å². The van der Waals surface area contributed by atoms with E-state index in [2.05, 4.69) is 32.7 Å². The minimum atomic E-state index is -0.297. The van der Waals surface area contributed by atoms with Crippen molar-refractivity contribution in [2.45, 2.75) is 39.0 Å². The standard InChI is InChI=1S/C12H28N2O2/c1-10(2)7-8-14(4)12(3,9-13)11(15-5)16-6/h10-11H,7-9,13H2,1-6H3. The van der Waals surface area contributed by atoms with Crippen molar-refractivity contribution in [1.82, 2.24) is 4.90 Å². The van der Waals surface area contributed by atoms with Gasteiger partial charge in [0.05, 0.1) is 5.54 Å². The van der Waals surface area contributed by atoms with E-state index in [0.717, 1.165) is 13.0 Å². The largest absolute Gasteiger partial charge is 0.354 e. The summed E-state index contributed by atoms with van der Waals surface area (Å²) in [5.41, 5.74) is 5.59. The van der Waals surface area contributed by atoms with Gasteiger partial charge in [-0.05, 0) is 32.9 Å². The molecule has 0 aromatic heterocycles. The number of methoxy groups -OCH3 is 2. The molecule has 0 amide bonds. The molecule has 0 fully saturated rings. The van der Waals surface area contributed by atoms with Crippen LogP contribution in [0.5, 0.6) is 0 Å². The molecule has 2 N–H and O–H groups in total. The van der Waals surface area contributed by atoms with E-state index in [1.807, 2.05) is 0 Å². The molecule has 0 aliphatic carbocycles. The molecule has 0 aliphatic heterocycles. The van der Waals surface area contributed by atoms with Crippen molar-refractivity contribution in [3.8, 4) is 0 Å². The van der Waals surface area contributed by atoms with Crippen LogP contribution in [0.1, 0.15) is 27.2 Å². The number of nitrogens with zero attached hydrogens (tertiary/aromatic N) is 1. The number of hydrogen-bond donors (Lipinski definition) is 1. The predicted molar refractivity (Wildman–Crippen MR) is 67.4 cm³/mol. The van der Waals surface area contributed by atoms with E-state index in [9.17, 15) is 0 Å². The third kappa shape index (κ3) is 4.01. The maximum Gasteiger partial charge on any atom is 0.176 e. The first-order valence-corrected chi connectivity index (χ1v) is 5.89. The summed E-state index contributed by atoms with van der Waals surface area (Å²) < 4.78 is 10.7. The molecule has 0 spiro atoms. The molecular formula is C12H28N2O2. The van der Waals surface area contributed by atoms with Gasteiger partial charge in [0.25, 0.3) is 0 Å². The number of nitrogens with two attached hydrogens (primary N) is 1.